The van der Waals surface area contributed by atoms with E-state index in [1.54, 1.807) is 6.08 Å². The molecular formula is C22H29N3O3. The van der Waals surface area contributed by atoms with Gasteiger partial charge in [-0.05, 0) is 36.6 Å². The minimum atomic E-state index is -0.278. The zero-order valence-electron chi connectivity index (χ0n) is 16.4. The Balaban J connectivity index is 1.49. The van der Waals surface area contributed by atoms with Crippen LogP contribution in [0.15, 0.2) is 29.8 Å². The van der Waals surface area contributed by atoms with Gasteiger partial charge in [-0.1, -0.05) is 31.4 Å². The molecule has 1 heterocycles. The molecule has 1 saturated carbocycles. The summed E-state index contributed by atoms with van der Waals surface area (Å²) >= 11 is 0. The molecule has 0 unspecified atom stereocenters. The van der Waals surface area contributed by atoms with E-state index in [4.69, 9.17) is 9.47 Å². The first-order valence-electron chi connectivity index (χ1n) is 10.2. The van der Waals surface area contributed by atoms with Crippen LogP contribution in [0.5, 0.6) is 5.75 Å². The zero-order valence-corrected chi connectivity index (χ0v) is 16.4. The van der Waals surface area contributed by atoms with E-state index in [1.807, 2.05) is 30.3 Å². The van der Waals surface area contributed by atoms with Crippen molar-refractivity contribution in [2.45, 2.75) is 38.1 Å². The van der Waals surface area contributed by atoms with Gasteiger partial charge in [0.2, 0.25) is 0 Å². The molecule has 28 heavy (non-hydrogen) atoms. The summed E-state index contributed by atoms with van der Waals surface area (Å²) in [4.78, 5) is 14.7. The van der Waals surface area contributed by atoms with Crippen molar-refractivity contribution >= 4 is 12.0 Å². The van der Waals surface area contributed by atoms with Crippen LogP contribution in [0.3, 0.4) is 0 Å². The lowest BCUT2D eigenvalue weighted by molar-refractivity contribution is -0.117. The maximum atomic E-state index is 12.4. The van der Waals surface area contributed by atoms with E-state index in [-0.39, 0.29) is 17.5 Å². The number of benzene rings is 1. The Kier molecular flexibility index (Phi) is 7.89. The quantitative estimate of drug-likeness (QED) is 0.579. The van der Waals surface area contributed by atoms with Crippen LogP contribution in [0.25, 0.3) is 6.08 Å². The molecule has 1 amide bonds. The van der Waals surface area contributed by atoms with E-state index in [0.717, 1.165) is 69.8 Å². The van der Waals surface area contributed by atoms with Crippen LogP contribution in [0.4, 0.5) is 0 Å². The first-order valence-corrected chi connectivity index (χ1v) is 10.2. The van der Waals surface area contributed by atoms with Crippen molar-refractivity contribution in [1.82, 2.24) is 10.2 Å². The highest BCUT2D eigenvalue weighted by molar-refractivity contribution is 6.01. The van der Waals surface area contributed by atoms with Crippen LogP contribution in [-0.4, -0.2) is 56.3 Å². The number of nitrogens with one attached hydrogen (secondary N) is 1. The van der Waals surface area contributed by atoms with Crippen molar-refractivity contribution in [3.05, 3.63) is 35.4 Å². The Morgan fingerprint density at radius 1 is 1.21 bits per heavy atom. The van der Waals surface area contributed by atoms with Crippen molar-refractivity contribution in [2.75, 3.05) is 39.5 Å². The Bertz CT molecular complexity index is 697. The molecule has 2 aliphatic rings. The maximum absolute atomic E-state index is 12.4. The molecule has 0 aromatic heterocycles. The molecule has 1 aromatic rings. The van der Waals surface area contributed by atoms with E-state index >= 15 is 0 Å². The van der Waals surface area contributed by atoms with E-state index in [9.17, 15) is 10.1 Å². The summed E-state index contributed by atoms with van der Waals surface area (Å²) in [6.45, 7) is 4.99. The lowest BCUT2D eigenvalue weighted by atomic mass is 9.95. The van der Waals surface area contributed by atoms with Crippen molar-refractivity contribution in [1.29, 1.82) is 5.26 Å². The summed E-state index contributed by atoms with van der Waals surface area (Å²) in [7, 11) is 0. The zero-order chi connectivity index (χ0) is 19.6. The molecule has 6 nitrogen and oxygen atoms in total. The third-order valence-corrected chi connectivity index (χ3v) is 5.28. The summed E-state index contributed by atoms with van der Waals surface area (Å²) in [5, 5.41) is 12.4. The first kappa shape index (κ1) is 20.4. The van der Waals surface area contributed by atoms with Gasteiger partial charge >= 0.3 is 0 Å². The number of carbonyl (C=O) groups excluding carboxylic acids is 1. The Morgan fingerprint density at radius 3 is 2.61 bits per heavy atom. The number of ether oxygens (including phenoxy) is 2. The fraction of sp³-hybridized carbons (Fsp3) is 0.545. The molecule has 2 fully saturated rings. The van der Waals surface area contributed by atoms with Gasteiger partial charge in [-0.15, -0.1) is 0 Å². The SMILES string of the molecule is N#C/C(=C\c1ccc(OCCN2CCOCC2)cc1)C(=O)NC1CCCCC1. The number of amides is 1. The number of carbonyl (C=O) groups is 1. The Labute approximate surface area is 167 Å². The average molecular weight is 383 g/mol. The molecule has 1 N–H and O–H groups in total. The third kappa shape index (κ3) is 6.36. The van der Waals surface area contributed by atoms with Crippen LogP contribution >= 0.6 is 0 Å². The van der Waals surface area contributed by atoms with Crippen LogP contribution in [0.2, 0.25) is 0 Å². The summed E-state index contributed by atoms with van der Waals surface area (Å²) in [5.74, 6) is 0.510. The highest BCUT2D eigenvalue weighted by Gasteiger charge is 2.18. The maximum Gasteiger partial charge on any atom is 0.262 e. The van der Waals surface area contributed by atoms with Crippen LogP contribution in [0, 0.1) is 11.3 Å². The van der Waals surface area contributed by atoms with Gasteiger partial charge in [-0.3, -0.25) is 9.69 Å². The van der Waals surface area contributed by atoms with Gasteiger partial charge in [-0.25, -0.2) is 0 Å². The summed E-state index contributed by atoms with van der Waals surface area (Å²) < 4.78 is 11.1. The van der Waals surface area contributed by atoms with Crippen molar-refractivity contribution in [2.24, 2.45) is 0 Å². The molecule has 1 saturated heterocycles. The molecule has 0 bridgehead atoms. The van der Waals surface area contributed by atoms with Gasteiger partial charge in [0.1, 0.15) is 24.0 Å². The number of nitrogens with zero attached hydrogens (tertiary/aromatic N) is 2. The van der Waals surface area contributed by atoms with E-state index in [2.05, 4.69) is 10.2 Å². The highest BCUT2D eigenvalue weighted by Crippen LogP contribution is 2.18. The second-order valence-corrected chi connectivity index (χ2v) is 7.35. The lowest BCUT2D eigenvalue weighted by Gasteiger charge is -2.26. The molecule has 6 heteroatoms. The van der Waals surface area contributed by atoms with Crippen LogP contribution < -0.4 is 10.1 Å². The smallest absolute Gasteiger partial charge is 0.262 e. The Hall–Kier alpha value is -2.36. The molecule has 150 valence electrons. The second-order valence-electron chi connectivity index (χ2n) is 7.35. The highest BCUT2D eigenvalue weighted by atomic mass is 16.5. The van der Waals surface area contributed by atoms with E-state index < -0.39 is 0 Å². The van der Waals surface area contributed by atoms with E-state index in [1.165, 1.54) is 6.42 Å². The molecule has 0 radical (unpaired) electrons. The summed E-state index contributed by atoms with van der Waals surface area (Å²) in [6, 6.07) is 9.71. The predicted molar refractivity (Wildman–Crippen MR) is 108 cm³/mol. The third-order valence-electron chi connectivity index (χ3n) is 5.28. The van der Waals surface area contributed by atoms with Gasteiger partial charge in [0.05, 0.1) is 13.2 Å². The lowest BCUT2D eigenvalue weighted by Crippen LogP contribution is -2.38. The molecule has 0 atom stereocenters. The van der Waals surface area contributed by atoms with Gasteiger partial charge in [-0.2, -0.15) is 5.26 Å². The molecule has 1 aromatic carbocycles. The predicted octanol–water partition coefficient (Wildman–Crippen LogP) is 2.75. The standard InChI is InChI=1S/C22H29N3O3/c23-17-19(22(26)24-20-4-2-1-3-5-20)16-18-6-8-21(9-7-18)28-15-12-25-10-13-27-14-11-25/h6-9,16,20H,1-5,10-15H2,(H,24,26)/b19-16+. The number of hydrogen-bond acceptors (Lipinski definition) is 5. The number of hydrogen-bond donors (Lipinski definition) is 1. The molecule has 0 spiro atoms. The van der Waals surface area contributed by atoms with Gasteiger partial charge in [0, 0.05) is 25.7 Å². The molecular weight excluding hydrogens is 354 g/mol. The topological polar surface area (TPSA) is 74.6 Å². The minimum Gasteiger partial charge on any atom is -0.492 e. The average Bonchev–Trinajstić information content (AvgIpc) is 2.74. The van der Waals surface area contributed by atoms with Gasteiger partial charge in [0.25, 0.3) is 5.91 Å². The minimum absolute atomic E-state index is 0.145. The normalized spacial score (nSPS) is 19.0. The fourth-order valence-electron chi connectivity index (χ4n) is 3.60. The van der Waals surface area contributed by atoms with Crippen LogP contribution in [0.1, 0.15) is 37.7 Å². The summed E-state index contributed by atoms with van der Waals surface area (Å²) in [6.07, 6.45) is 7.15. The summed E-state index contributed by atoms with van der Waals surface area (Å²) in [5.41, 5.74) is 0.961. The number of nitriles is 1. The van der Waals surface area contributed by atoms with Crippen LogP contribution in [-0.2, 0) is 9.53 Å². The van der Waals surface area contributed by atoms with Crippen molar-refractivity contribution < 1.29 is 14.3 Å². The fourth-order valence-corrected chi connectivity index (χ4v) is 3.60. The molecule has 1 aliphatic carbocycles. The number of morpholine rings is 1. The second kappa shape index (κ2) is 10.8. The van der Waals surface area contributed by atoms with Crippen molar-refractivity contribution in [3.8, 4) is 11.8 Å². The largest absolute Gasteiger partial charge is 0.492 e. The molecule has 3 rings (SSSR count). The monoisotopic (exact) mass is 383 g/mol. The van der Waals surface area contributed by atoms with Gasteiger partial charge < -0.3 is 14.8 Å². The van der Waals surface area contributed by atoms with Gasteiger partial charge in [0.15, 0.2) is 0 Å². The Morgan fingerprint density at radius 2 is 1.93 bits per heavy atom. The molecule has 1 aliphatic heterocycles. The first-order chi connectivity index (χ1) is 13.7. The number of rotatable bonds is 7. The van der Waals surface area contributed by atoms with Crippen molar-refractivity contribution in [3.63, 3.8) is 0 Å². The van der Waals surface area contributed by atoms with E-state index in [0.29, 0.717) is 6.61 Å².